The van der Waals surface area contributed by atoms with E-state index in [0.29, 0.717) is 28.6 Å². The summed E-state index contributed by atoms with van der Waals surface area (Å²) in [5.41, 5.74) is 2.38. The topological polar surface area (TPSA) is 40.5 Å². The Hall–Kier alpha value is -0.340. The SMILES string of the molecule is CC[C@@H](C(C)C)[C@H](O)C[C@@H](C)C1CCC2C3CC=C4CC(O)CCC4(C)C3CCC21C. The molecule has 178 valence electrons. The molecule has 3 saturated carbocycles. The molecule has 0 radical (unpaired) electrons. The first-order valence-electron chi connectivity index (χ1n) is 13.7. The third-order valence-corrected chi connectivity index (χ3v) is 11.3. The van der Waals surface area contributed by atoms with Crippen LogP contribution in [-0.4, -0.2) is 22.4 Å². The summed E-state index contributed by atoms with van der Waals surface area (Å²) in [6.07, 6.45) is 14.2. The molecule has 0 aromatic heterocycles. The van der Waals surface area contributed by atoms with E-state index in [-0.39, 0.29) is 12.2 Å². The van der Waals surface area contributed by atoms with Crippen LogP contribution in [0.25, 0.3) is 0 Å². The number of aliphatic hydroxyl groups is 2. The molecule has 3 fully saturated rings. The van der Waals surface area contributed by atoms with E-state index < -0.39 is 0 Å². The van der Waals surface area contributed by atoms with Gasteiger partial charge in [0.25, 0.3) is 0 Å². The molecule has 0 saturated heterocycles. The van der Waals surface area contributed by atoms with E-state index in [0.717, 1.165) is 49.4 Å². The van der Waals surface area contributed by atoms with E-state index in [1.807, 2.05) is 0 Å². The molecule has 0 amide bonds. The third-order valence-electron chi connectivity index (χ3n) is 11.3. The van der Waals surface area contributed by atoms with Crippen LogP contribution in [0.5, 0.6) is 0 Å². The van der Waals surface area contributed by atoms with Gasteiger partial charge in [0.15, 0.2) is 0 Å². The standard InChI is InChI=1S/C29H50O2/c1-7-22(18(2)3)27(31)16-19(4)24-10-11-25-23-9-8-20-17-21(30)12-14-28(20,5)26(23)13-15-29(24,25)6/h8,18-19,21-27,30-31H,7,9-17H2,1-6H3/t19-,21?,22+,23?,24?,25?,26?,27-,28?,29?/m1/s1. The van der Waals surface area contributed by atoms with E-state index in [2.05, 4.69) is 47.6 Å². The minimum atomic E-state index is -0.147. The van der Waals surface area contributed by atoms with E-state index in [1.165, 1.54) is 38.5 Å². The summed E-state index contributed by atoms with van der Waals surface area (Å²) in [7, 11) is 0. The predicted molar refractivity (Wildman–Crippen MR) is 130 cm³/mol. The number of allylic oxidation sites excluding steroid dienone is 1. The highest BCUT2D eigenvalue weighted by molar-refractivity contribution is 5.25. The first-order valence-corrected chi connectivity index (χ1v) is 13.7. The molecule has 4 aliphatic carbocycles. The lowest BCUT2D eigenvalue weighted by Crippen LogP contribution is -2.51. The number of aliphatic hydroxyl groups excluding tert-OH is 2. The molecule has 0 aromatic carbocycles. The fourth-order valence-electron chi connectivity index (χ4n) is 9.52. The summed E-state index contributed by atoms with van der Waals surface area (Å²) in [6.45, 7) is 14.4. The van der Waals surface area contributed by atoms with Crippen molar-refractivity contribution in [3.05, 3.63) is 11.6 Å². The zero-order valence-corrected chi connectivity index (χ0v) is 21.2. The van der Waals surface area contributed by atoms with Crippen LogP contribution >= 0.6 is 0 Å². The summed E-state index contributed by atoms with van der Waals surface area (Å²) in [5, 5.41) is 21.3. The minimum absolute atomic E-state index is 0.106. The second kappa shape index (κ2) is 8.79. The maximum Gasteiger partial charge on any atom is 0.0577 e. The number of hydrogen-bond donors (Lipinski definition) is 2. The lowest BCUT2D eigenvalue weighted by molar-refractivity contribution is -0.0613. The highest BCUT2D eigenvalue weighted by atomic mass is 16.3. The summed E-state index contributed by atoms with van der Waals surface area (Å²) in [6, 6.07) is 0. The predicted octanol–water partition coefficient (Wildman–Crippen LogP) is 7.00. The molecular weight excluding hydrogens is 380 g/mol. The summed E-state index contributed by atoms with van der Waals surface area (Å²) < 4.78 is 0. The average Bonchev–Trinajstić information content (AvgIpc) is 3.06. The summed E-state index contributed by atoms with van der Waals surface area (Å²) in [4.78, 5) is 0. The highest BCUT2D eigenvalue weighted by Gasteiger charge is 2.59. The molecule has 31 heavy (non-hydrogen) atoms. The van der Waals surface area contributed by atoms with Crippen LogP contribution in [-0.2, 0) is 0 Å². The molecule has 0 aliphatic heterocycles. The van der Waals surface area contributed by atoms with Crippen molar-refractivity contribution in [2.45, 2.75) is 118 Å². The Labute approximate surface area is 192 Å². The molecule has 0 heterocycles. The number of rotatable bonds is 6. The van der Waals surface area contributed by atoms with Crippen LogP contribution in [0.3, 0.4) is 0 Å². The van der Waals surface area contributed by atoms with Gasteiger partial charge >= 0.3 is 0 Å². The molecule has 7 unspecified atom stereocenters. The second-order valence-corrected chi connectivity index (χ2v) is 13.0. The van der Waals surface area contributed by atoms with Gasteiger partial charge in [0.1, 0.15) is 0 Å². The normalized spacial score (nSPS) is 45.3. The molecular formula is C29H50O2. The lowest BCUT2D eigenvalue weighted by atomic mass is 9.47. The highest BCUT2D eigenvalue weighted by Crippen LogP contribution is 2.67. The molecule has 4 rings (SSSR count). The van der Waals surface area contributed by atoms with Gasteiger partial charge in [-0.1, -0.05) is 59.6 Å². The maximum atomic E-state index is 11.0. The molecule has 10 atom stereocenters. The van der Waals surface area contributed by atoms with Crippen LogP contribution in [0, 0.1) is 52.3 Å². The number of hydrogen-bond acceptors (Lipinski definition) is 2. The Morgan fingerprint density at radius 3 is 2.45 bits per heavy atom. The van der Waals surface area contributed by atoms with Crippen LogP contribution in [0.1, 0.15) is 106 Å². The first kappa shape index (κ1) is 23.8. The monoisotopic (exact) mass is 430 g/mol. The summed E-state index contributed by atoms with van der Waals surface area (Å²) in [5.74, 6) is 4.89. The Morgan fingerprint density at radius 2 is 1.77 bits per heavy atom. The van der Waals surface area contributed by atoms with Crippen LogP contribution < -0.4 is 0 Å². The van der Waals surface area contributed by atoms with E-state index in [4.69, 9.17) is 0 Å². The minimum Gasteiger partial charge on any atom is -0.393 e. The third kappa shape index (κ3) is 3.96. The van der Waals surface area contributed by atoms with Gasteiger partial charge in [-0.15, -0.1) is 0 Å². The van der Waals surface area contributed by atoms with Gasteiger partial charge in [-0.25, -0.2) is 0 Å². The smallest absolute Gasteiger partial charge is 0.0577 e. The van der Waals surface area contributed by atoms with Gasteiger partial charge < -0.3 is 10.2 Å². The quantitative estimate of drug-likeness (QED) is 0.446. The molecule has 2 nitrogen and oxygen atoms in total. The Bertz CT molecular complexity index is 668. The first-order chi connectivity index (χ1) is 14.6. The van der Waals surface area contributed by atoms with Crippen LogP contribution in [0.4, 0.5) is 0 Å². The largest absolute Gasteiger partial charge is 0.393 e. The second-order valence-electron chi connectivity index (χ2n) is 13.0. The lowest BCUT2D eigenvalue weighted by Gasteiger charge is -2.58. The fourth-order valence-corrected chi connectivity index (χ4v) is 9.52. The Morgan fingerprint density at radius 1 is 1.03 bits per heavy atom. The van der Waals surface area contributed by atoms with E-state index in [9.17, 15) is 10.2 Å². The molecule has 2 heteroatoms. The van der Waals surface area contributed by atoms with Gasteiger partial charge in [0.05, 0.1) is 12.2 Å². The molecule has 0 aromatic rings. The van der Waals surface area contributed by atoms with E-state index >= 15 is 0 Å². The zero-order valence-electron chi connectivity index (χ0n) is 21.2. The van der Waals surface area contributed by atoms with Crippen LogP contribution in [0.15, 0.2) is 11.6 Å². The van der Waals surface area contributed by atoms with Crippen LogP contribution in [0.2, 0.25) is 0 Å². The number of fused-ring (bicyclic) bond motifs is 5. The van der Waals surface area contributed by atoms with Gasteiger partial charge in [-0.3, -0.25) is 0 Å². The van der Waals surface area contributed by atoms with Gasteiger partial charge in [-0.2, -0.15) is 0 Å². The van der Waals surface area contributed by atoms with Crippen molar-refractivity contribution in [1.82, 2.24) is 0 Å². The van der Waals surface area contributed by atoms with Gasteiger partial charge in [0, 0.05) is 0 Å². The maximum absolute atomic E-state index is 11.0. The zero-order chi connectivity index (χ0) is 22.6. The molecule has 0 spiro atoms. The van der Waals surface area contributed by atoms with Crippen molar-refractivity contribution in [2.75, 3.05) is 0 Å². The van der Waals surface area contributed by atoms with Crippen molar-refractivity contribution in [2.24, 2.45) is 52.3 Å². The Kier molecular flexibility index (Phi) is 6.75. The molecule has 2 N–H and O–H groups in total. The molecule has 4 aliphatic rings. The van der Waals surface area contributed by atoms with Gasteiger partial charge in [0.2, 0.25) is 0 Å². The Balaban J connectivity index is 1.49. The van der Waals surface area contributed by atoms with Crippen molar-refractivity contribution < 1.29 is 10.2 Å². The van der Waals surface area contributed by atoms with Crippen molar-refractivity contribution in [3.8, 4) is 0 Å². The van der Waals surface area contributed by atoms with Gasteiger partial charge in [-0.05, 0) is 110 Å². The van der Waals surface area contributed by atoms with Crippen molar-refractivity contribution in [1.29, 1.82) is 0 Å². The van der Waals surface area contributed by atoms with Crippen molar-refractivity contribution in [3.63, 3.8) is 0 Å². The summed E-state index contributed by atoms with van der Waals surface area (Å²) >= 11 is 0. The average molecular weight is 431 g/mol. The van der Waals surface area contributed by atoms with E-state index in [1.54, 1.807) is 5.57 Å². The van der Waals surface area contributed by atoms with Crippen molar-refractivity contribution >= 4 is 0 Å². The molecule has 0 bridgehead atoms. The fraction of sp³-hybridized carbons (Fsp3) is 0.931.